The molecule has 0 aliphatic rings. The molecule has 0 saturated heterocycles. The third-order valence-electron chi connectivity index (χ3n) is 1.96. The largest absolute Gasteiger partial charge is 0.424 e. The number of halogens is 2. The third-order valence-corrected chi connectivity index (χ3v) is 3.98. The van der Waals surface area contributed by atoms with Gasteiger partial charge < -0.3 is 9.72 Å². The molecule has 2 rings (SSSR count). The van der Waals surface area contributed by atoms with Gasteiger partial charge in [-0.1, -0.05) is 0 Å². The van der Waals surface area contributed by atoms with Crippen LogP contribution in [0.3, 0.4) is 0 Å². The Morgan fingerprint density at radius 3 is 2.80 bits per heavy atom. The normalized spacial score (nSPS) is 10.6. The molecule has 3 nitrogen and oxygen atoms in total. The van der Waals surface area contributed by atoms with Crippen molar-refractivity contribution in [2.24, 2.45) is 0 Å². The highest BCUT2D eigenvalue weighted by Crippen LogP contribution is 2.35. The number of hydrogen-bond donors (Lipinski definition) is 1. The van der Waals surface area contributed by atoms with Crippen molar-refractivity contribution in [3.8, 4) is 5.75 Å². The summed E-state index contributed by atoms with van der Waals surface area (Å²) in [6.07, 6.45) is 1.67. The molecule has 0 unspecified atom stereocenters. The van der Waals surface area contributed by atoms with Crippen LogP contribution in [0.1, 0.15) is 6.92 Å². The first kappa shape index (κ1) is 10.7. The molecule has 5 heteroatoms. The third kappa shape index (κ3) is 1.94. The van der Waals surface area contributed by atoms with Gasteiger partial charge in [-0.15, -0.1) is 0 Å². The predicted octanol–water partition coefficient (Wildman–Crippen LogP) is 3.62. The van der Waals surface area contributed by atoms with E-state index < -0.39 is 0 Å². The van der Waals surface area contributed by atoms with E-state index in [4.69, 9.17) is 4.74 Å². The van der Waals surface area contributed by atoms with Crippen molar-refractivity contribution in [2.45, 2.75) is 6.92 Å². The molecule has 0 fully saturated rings. The van der Waals surface area contributed by atoms with E-state index in [0.29, 0.717) is 5.75 Å². The number of aromatic amines is 1. The quantitative estimate of drug-likeness (QED) is 0.810. The number of esters is 1. The maximum atomic E-state index is 10.8. The van der Waals surface area contributed by atoms with Gasteiger partial charge in [-0.3, -0.25) is 4.79 Å². The Hall–Kier alpha value is -0.810. The molecule has 1 aromatic carbocycles. The van der Waals surface area contributed by atoms with E-state index in [-0.39, 0.29) is 5.97 Å². The molecule has 1 heterocycles. The SMILES string of the molecule is CC(=O)Oc1c[nH]c2c(Br)c(Br)ccc12. The fraction of sp³-hybridized carbons (Fsp3) is 0.100. The molecule has 15 heavy (non-hydrogen) atoms. The van der Waals surface area contributed by atoms with Gasteiger partial charge in [-0.2, -0.15) is 0 Å². The van der Waals surface area contributed by atoms with E-state index in [2.05, 4.69) is 36.8 Å². The number of ether oxygens (including phenoxy) is 1. The first-order valence-corrected chi connectivity index (χ1v) is 5.81. The van der Waals surface area contributed by atoms with Crippen LogP contribution in [0.2, 0.25) is 0 Å². The lowest BCUT2D eigenvalue weighted by atomic mass is 10.2. The molecule has 0 spiro atoms. The molecular weight excluding hydrogens is 326 g/mol. The van der Waals surface area contributed by atoms with Gasteiger partial charge in [0.05, 0.1) is 9.99 Å². The van der Waals surface area contributed by atoms with Crippen LogP contribution in [0.25, 0.3) is 10.9 Å². The highest BCUT2D eigenvalue weighted by atomic mass is 79.9. The summed E-state index contributed by atoms with van der Waals surface area (Å²) in [5, 5.41) is 0.875. The van der Waals surface area contributed by atoms with Gasteiger partial charge in [0.1, 0.15) is 0 Å². The van der Waals surface area contributed by atoms with Crippen molar-refractivity contribution in [3.05, 3.63) is 27.3 Å². The molecular formula is C10H7Br2NO2. The van der Waals surface area contributed by atoms with Crippen LogP contribution in [0.4, 0.5) is 0 Å². The summed E-state index contributed by atoms with van der Waals surface area (Å²) in [4.78, 5) is 13.9. The van der Waals surface area contributed by atoms with Gasteiger partial charge in [0.2, 0.25) is 0 Å². The van der Waals surface area contributed by atoms with E-state index in [9.17, 15) is 4.79 Å². The monoisotopic (exact) mass is 331 g/mol. The van der Waals surface area contributed by atoms with Gasteiger partial charge in [-0.05, 0) is 44.0 Å². The van der Waals surface area contributed by atoms with Crippen LogP contribution >= 0.6 is 31.9 Å². The average Bonchev–Trinajstić information content (AvgIpc) is 2.55. The van der Waals surface area contributed by atoms with Crippen LogP contribution in [0.5, 0.6) is 5.75 Å². The van der Waals surface area contributed by atoms with Crippen molar-refractivity contribution in [1.29, 1.82) is 0 Å². The van der Waals surface area contributed by atoms with Gasteiger partial charge >= 0.3 is 5.97 Å². The second-order valence-electron chi connectivity index (χ2n) is 3.03. The number of nitrogens with one attached hydrogen (secondary N) is 1. The maximum Gasteiger partial charge on any atom is 0.308 e. The molecule has 0 radical (unpaired) electrons. The molecule has 1 N–H and O–H groups in total. The number of hydrogen-bond acceptors (Lipinski definition) is 2. The second kappa shape index (κ2) is 3.98. The Bertz CT molecular complexity index is 533. The van der Waals surface area contributed by atoms with Crippen molar-refractivity contribution < 1.29 is 9.53 Å². The van der Waals surface area contributed by atoms with Crippen LogP contribution in [0, 0.1) is 0 Å². The smallest absolute Gasteiger partial charge is 0.308 e. The number of aromatic nitrogens is 1. The summed E-state index contributed by atoms with van der Waals surface area (Å²) in [5.41, 5.74) is 0.903. The molecule has 0 aliphatic heterocycles. The van der Waals surface area contributed by atoms with Crippen molar-refractivity contribution in [1.82, 2.24) is 4.98 Å². The lowest BCUT2D eigenvalue weighted by Crippen LogP contribution is -2.00. The van der Waals surface area contributed by atoms with Gasteiger partial charge in [0.15, 0.2) is 5.75 Å². The minimum Gasteiger partial charge on any atom is -0.424 e. The van der Waals surface area contributed by atoms with Gasteiger partial charge in [0, 0.05) is 23.0 Å². The summed E-state index contributed by atoms with van der Waals surface area (Å²) >= 11 is 6.84. The summed E-state index contributed by atoms with van der Waals surface area (Å²) in [7, 11) is 0. The summed E-state index contributed by atoms with van der Waals surface area (Å²) in [6, 6.07) is 3.78. The standard InChI is InChI=1S/C10H7Br2NO2/c1-5(14)15-8-4-13-10-6(8)2-3-7(11)9(10)12/h2-4,13H,1H3. The molecule has 0 atom stereocenters. The minimum atomic E-state index is -0.324. The van der Waals surface area contributed by atoms with E-state index in [1.807, 2.05) is 12.1 Å². The highest BCUT2D eigenvalue weighted by molar-refractivity contribution is 9.13. The fourth-order valence-corrected chi connectivity index (χ4v) is 2.14. The molecule has 0 saturated carbocycles. The number of carbonyl (C=O) groups is 1. The summed E-state index contributed by atoms with van der Waals surface area (Å²) in [5.74, 6) is 0.223. The van der Waals surface area contributed by atoms with Crippen molar-refractivity contribution in [2.75, 3.05) is 0 Å². The van der Waals surface area contributed by atoms with Gasteiger partial charge in [-0.25, -0.2) is 0 Å². The zero-order valence-corrected chi connectivity index (χ0v) is 11.0. The lowest BCUT2D eigenvalue weighted by molar-refractivity contribution is -0.131. The van der Waals surface area contributed by atoms with Gasteiger partial charge in [0.25, 0.3) is 0 Å². The van der Waals surface area contributed by atoms with Crippen LogP contribution in [-0.2, 0) is 4.79 Å². The number of rotatable bonds is 1. The highest BCUT2D eigenvalue weighted by Gasteiger charge is 2.10. The summed E-state index contributed by atoms with van der Waals surface area (Å²) in [6.45, 7) is 1.38. The van der Waals surface area contributed by atoms with Crippen molar-refractivity contribution >= 4 is 48.7 Å². The zero-order chi connectivity index (χ0) is 11.0. The summed E-state index contributed by atoms with van der Waals surface area (Å²) < 4.78 is 6.92. The fourth-order valence-electron chi connectivity index (χ4n) is 1.35. The van der Waals surface area contributed by atoms with Crippen LogP contribution in [-0.4, -0.2) is 11.0 Å². The van der Waals surface area contributed by atoms with Crippen LogP contribution < -0.4 is 4.74 Å². The Labute approximate surface area is 103 Å². The first-order chi connectivity index (χ1) is 7.09. The van der Waals surface area contributed by atoms with E-state index in [1.165, 1.54) is 6.92 Å². The van der Waals surface area contributed by atoms with E-state index in [0.717, 1.165) is 19.8 Å². The zero-order valence-electron chi connectivity index (χ0n) is 7.80. The maximum absolute atomic E-state index is 10.8. The average molecular weight is 333 g/mol. The van der Waals surface area contributed by atoms with E-state index in [1.54, 1.807) is 6.20 Å². The Morgan fingerprint density at radius 1 is 1.40 bits per heavy atom. The molecule has 2 aromatic rings. The lowest BCUT2D eigenvalue weighted by Gasteiger charge is -2.00. The number of fused-ring (bicyclic) bond motifs is 1. The first-order valence-electron chi connectivity index (χ1n) is 4.23. The molecule has 78 valence electrons. The Kier molecular flexibility index (Phi) is 2.84. The molecule has 0 aliphatic carbocycles. The Balaban J connectivity index is 2.61. The number of benzene rings is 1. The van der Waals surface area contributed by atoms with E-state index >= 15 is 0 Å². The topological polar surface area (TPSA) is 42.1 Å². The number of H-pyrrole nitrogens is 1. The second-order valence-corrected chi connectivity index (χ2v) is 4.68. The molecule has 0 bridgehead atoms. The molecule has 0 amide bonds. The number of carbonyl (C=O) groups excluding carboxylic acids is 1. The molecule has 1 aromatic heterocycles. The van der Waals surface area contributed by atoms with Crippen LogP contribution in [0.15, 0.2) is 27.3 Å². The Morgan fingerprint density at radius 2 is 2.13 bits per heavy atom. The van der Waals surface area contributed by atoms with Crippen molar-refractivity contribution in [3.63, 3.8) is 0 Å². The minimum absolute atomic E-state index is 0.324. The predicted molar refractivity (Wildman–Crippen MR) is 65.0 cm³/mol.